The summed E-state index contributed by atoms with van der Waals surface area (Å²) in [7, 11) is -1.84. The van der Waals surface area contributed by atoms with Gasteiger partial charge in [-0.1, -0.05) is 18.2 Å². The first-order chi connectivity index (χ1) is 12.4. The van der Waals surface area contributed by atoms with E-state index in [2.05, 4.69) is 5.32 Å². The molecule has 7 nitrogen and oxygen atoms in total. The molecule has 3 heterocycles. The summed E-state index contributed by atoms with van der Waals surface area (Å²) in [6.07, 6.45) is 2.61. The molecule has 0 saturated heterocycles. The fourth-order valence-electron chi connectivity index (χ4n) is 3.25. The number of fused-ring (bicyclic) bond motifs is 3. The van der Waals surface area contributed by atoms with Crippen molar-refractivity contribution in [3.05, 3.63) is 60.2 Å². The van der Waals surface area contributed by atoms with Crippen LogP contribution >= 0.6 is 0 Å². The highest BCUT2D eigenvalue weighted by molar-refractivity contribution is 7.89. The van der Waals surface area contributed by atoms with Gasteiger partial charge in [-0.05, 0) is 24.3 Å². The van der Waals surface area contributed by atoms with Crippen molar-refractivity contribution in [3.8, 4) is 0 Å². The number of rotatable bonds is 4. The number of hydrogen-bond acceptors (Lipinski definition) is 4. The molecule has 1 aromatic carbocycles. The molecule has 8 heteroatoms. The molecule has 1 amide bonds. The average molecular weight is 371 g/mol. The number of carbonyl (C=O) groups excluding carboxylic acids is 1. The Bertz CT molecular complexity index is 1230. The SMILES string of the molecule is Cn1c2ccccc2c2c1cc(C(=O)NCc1ccco1)n2S(C)(=O)=O. The minimum Gasteiger partial charge on any atom is -0.467 e. The van der Waals surface area contributed by atoms with Crippen LogP contribution in [0.5, 0.6) is 0 Å². The van der Waals surface area contributed by atoms with Crippen LogP contribution in [0.2, 0.25) is 0 Å². The van der Waals surface area contributed by atoms with Crippen LogP contribution in [0, 0.1) is 0 Å². The number of para-hydroxylation sites is 1. The molecule has 0 atom stereocenters. The maximum absolute atomic E-state index is 12.7. The van der Waals surface area contributed by atoms with Crippen molar-refractivity contribution < 1.29 is 17.6 Å². The first kappa shape index (κ1) is 16.5. The maximum Gasteiger partial charge on any atom is 0.269 e. The van der Waals surface area contributed by atoms with E-state index in [0.717, 1.165) is 21.1 Å². The number of carbonyl (C=O) groups is 1. The number of benzene rings is 1. The van der Waals surface area contributed by atoms with Gasteiger partial charge in [0.05, 0.1) is 35.6 Å². The Labute approximate surface area is 149 Å². The van der Waals surface area contributed by atoms with Gasteiger partial charge in [0.25, 0.3) is 5.91 Å². The van der Waals surface area contributed by atoms with Gasteiger partial charge < -0.3 is 14.3 Å². The summed E-state index contributed by atoms with van der Waals surface area (Å²) < 4.78 is 33.1. The lowest BCUT2D eigenvalue weighted by Gasteiger charge is -2.08. The first-order valence-electron chi connectivity index (χ1n) is 7.98. The first-order valence-corrected chi connectivity index (χ1v) is 9.83. The van der Waals surface area contributed by atoms with Crippen LogP contribution in [0.25, 0.3) is 21.9 Å². The third kappa shape index (κ3) is 2.50. The van der Waals surface area contributed by atoms with E-state index in [1.54, 1.807) is 18.2 Å². The van der Waals surface area contributed by atoms with Gasteiger partial charge in [-0.15, -0.1) is 0 Å². The molecule has 0 unspecified atom stereocenters. The van der Waals surface area contributed by atoms with Crippen molar-refractivity contribution in [2.45, 2.75) is 6.54 Å². The summed E-state index contributed by atoms with van der Waals surface area (Å²) in [6, 6.07) is 12.6. The van der Waals surface area contributed by atoms with E-state index in [0.29, 0.717) is 16.8 Å². The molecule has 4 aromatic rings. The fourth-order valence-corrected chi connectivity index (χ4v) is 4.27. The molecule has 0 aliphatic rings. The maximum atomic E-state index is 12.7. The van der Waals surface area contributed by atoms with E-state index in [1.165, 1.54) is 6.26 Å². The minimum absolute atomic E-state index is 0.0745. The number of amides is 1. The number of hydrogen-bond donors (Lipinski definition) is 1. The molecule has 0 saturated carbocycles. The smallest absolute Gasteiger partial charge is 0.269 e. The highest BCUT2D eigenvalue weighted by atomic mass is 32.2. The topological polar surface area (TPSA) is 86.2 Å². The molecule has 0 bridgehead atoms. The Morgan fingerprint density at radius 3 is 2.62 bits per heavy atom. The van der Waals surface area contributed by atoms with Crippen molar-refractivity contribution in [2.75, 3.05) is 6.26 Å². The van der Waals surface area contributed by atoms with Crippen molar-refractivity contribution >= 4 is 37.9 Å². The zero-order chi connectivity index (χ0) is 18.5. The largest absolute Gasteiger partial charge is 0.467 e. The second kappa shape index (κ2) is 5.77. The van der Waals surface area contributed by atoms with Crippen LogP contribution in [-0.4, -0.2) is 29.1 Å². The summed E-state index contributed by atoms with van der Waals surface area (Å²) in [5.74, 6) is 0.109. The van der Waals surface area contributed by atoms with Gasteiger partial charge >= 0.3 is 0 Å². The number of furan rings is 1. The third-order valence-electron chi connectivity index (χ3n) is 4.39. The van der Waals surface area contributed by atoms with Gasteiger partial charge in [0, 0.05) is 12.4 Å². The Kier molecular flexibility index (Phi) is 3.66. The second-order valence-electron chi connectivity index (χ2n) is 6.13. The molecular formula is C18H17N3O4S. The highest BCUT2D eigenvalue weighted by Gasteiger charge is 2.25. The molecule has 4 rings (SSSR count). The molecule has 0 aliphatic heterocycles. The molecule has 0 fully saturated rings. The predicted octanol–water partition coefficient (Wildman–Crippen LogP) is 2.46. The Hall–Kier alpha value is -3.00. The van der Waals surface area contributed by atoms with Crippen molar-refractivity contribution in [3.63, 3.8) is 0 Å². The highest BCUT2D eigenvalue weighted by Crippen LogP contribution is 2.31. The van der Waals surface area contributed by atoms with Crippen molar-refractivity contribution in [1.29, 1.82) is 0 Å². The molecule has 0 spiro atoms. The molecule has 0 radical (unpaired) electrons. The van der Waals surface area contributed by atoms with Gasteiger partial charge in [0.1, 0.15) is 11.5 Å². The lowest BCUT2D eigenvalue weighted by Crippen LogP contribution is -2.27. The number of nitrogens with one attached hydrogen (secondary N) is 1. The lowest BCUT2D eigenvalue weighted by atomic mass is 10.2. The van der Waals surface area contributed by atoms with Crippen molar-refractivity contribution in [1.82, 2.24) is 13.9 Å². The van der Waals surface area contributed by atoms with Crippen LogP contribution in [0.4, 0.5) is 0 Å². The summed E-state index contributed by atoms with van der Waals surface area (Å²) >= 11 is 0. The van der Waals surface area contributed by atoms with Gasteiger partial charge in [-0.3, -0.25) is 4.79 Å². The summed E-state index contributed by atoms with van der Waals surface area (Å²) in [5, 5.41) is 3.48. The second-order valence-corrected chi connectivity index (χ2v) is 7.96. The van der Waals surface area contributed by atoms with Gasteiger partial charge in [-0.25, -0.2) is 12.4 Å². The number of aryl methyl sites for hydroxylation is 1. The molecule has 3 aromatic heterocycles. The lowest BCUT2D eigenvalue weighted by molar-refractivity contribution is 0.0942. The van der Waals surface area contributed by atoms with Crippen molar-refractivity contribution in [2.24, 2.45) is 7.05 Å². The average Bonchev–Trinajstić information content (AvgIpc) is 3.30. The van der Waals surface area contributed by atoms with Crippen LogP contribution in [0.1, 0.15) is 16.2 Å². The standard InChI is InChI=1S/C18H17N3O4S/c1-20-14-8-4-3-7-13(14)17-15(20)10-16(21(17)26(2,23)24)18(22)19-11-12-6-5-9-25-12/h3-10H,11H2,1-2H3,(H,19,22). The third-order valence-corrected chi connectivity index (χ3v) is 5.43. The normalized spacial score (nSPS) is 12.1. The Morgan fingerprint density at radius 2 is 1.92 bits per heavy atom. The monoisotopic (exact) mass is 371 g/mol. The quantitative estimate of drug-likeness (QED) is 0.597. The molecular weight excluding hydrogens is 354 g/mol. The zero-order valence-corrected chi connectivity index (χ0v) is 15.1. The molecule has 1 N–H and O–H groups in total. The number of nitrogens with zero attached hydrogens (tertiary/aromatic N) is 2. The van der Waals surface area contributed by atoms with E-state index in [9.17, 15) is 13.2 Å². The van der Waals surface area contributed by atoms with Crippen LogP contribution < -0.4 is 5.32 Å². The summed E-state index contributed by atoms with van der Waals surface area (Å²) in [6.45, 7) is 0.178. The molecule has 0 aliphatic carbocycles. The van der Waals surface area contributed by atoms with E-state index < -0.39 is 15.9 Å². The Balaban J connectivity index is 1.89. The van der Waals surface area contributed by atoms with Gasteiger partial charge in [-0.2, -0.15) is 0 Å². The summed E-state index contributed by atoms with van der Waals surface area (Å²) in [5.41, 5.74) is 2.16. The van der Waals surface area contributed by atoms with E-state index >= 15 is 0 Å². The molecule has 134 valence electrons. The number of aromatic nitrogens is 2. The minimum atomic E-state index is -3.69. The molecule has 26 heavy (non-hydrogen) atoms. The van der Waals surface area contributed by atoms with Gasteiger partial charge in [0.2, 0.25) is 10.0 Å². The van der Waals surface area contributed by atoms with Gasteiger partial charge in [0.15, 0.2) is 0 Å². The van der Waals surface area contributed by atoms with Crippen LogP contribution in [0.15, 0.2) is 53.1 Å². The van der Waals surface area contributed by atoms with E-state index in [4.69, 9.17) is 4.42 Å². The van der Waals surface area contributed by atoms with Crippen LogP contribution in [0.3, 0.4) is 0 Å². The van der Waals surface area contributed by atoms with E-state index in [-0.39, 0.29) is 12.2 Å². The Morgan fingerprint density at radius 1 is 1.15 bits per heavy atom. The zero-order valence-electron chi connectivity index (χ0n) is 14.3. The van der Waals surface area contributed by atoms with E-state index in [1.807, 2.05) is 35.9 Å². The van der Waals surface area contributed by atoms with Crippen LogP contribution in [-0.2, 0) is 23.6 Å². The fraction of sp³-hybridized carbons (Fsp3) is 0.167. The summed E-state index contributed by atoms with van der Waals surface area (Å²) in [4.78, 5) is 12.7. The predicted molar refractivity (Wildman–Crippen MR) is 98.5 cm³/mol.